The van der Waals surface area contributed by atoms with E-state index < -0.39 is 0 Å². The maximum atomic E-state index is 6.09. The number of ether oxygens (including phenoxy) is 1. The monoisotopic (exact) mass is 211 g/mol. The first-order chi connectivity index (χ1) is 7.22. The molecule has 0 radical (unpaired) electrons. The fourth-order valence-electron chi connectivity index (χ4n) is 1.68. The summed E-state index contributed by atoms with van der Waals surface area (Å²) in [6, 6.07) is -0.0781. The number of hydrogen-bond donors (Lipinski definition) is 1. The third kappa shape index (κ3) is 3.04. The van der Waals surface area contributed by atoms with Gasteiger partial charge in [-0.2, -0.15) is 5.10 Å². The van der Waals surface area contributed by atoms with Crippen molar-refractivity contribution in [3.63, 3.8) is 0 Å². The molecule has 4 nitrogen and oxygen atoms in total. The number of methoxy groups -OCH3 is 1. The molecule has 15 heavy (non-hydrogen) atoms. The third-order valence-corrected chi connectivity index (χ3v) is 2.60. The van der Waals surface area contributed by atoms with Crippen LogP contribution in [0.3, 0.4) is 0 Å². The summed E-state index contributed by atoms with van der Waals surface area (Å²) in [6.45, 7) is 5.15. The molecule has 0 fully saturated rings. The minimum atomic E-state index is -0.0781. The lowest BCUT2D eigenvalue weighted by atomic mass is 10.0. The van der Waals surface area contributed by atoms with E-state index in [2.05, 4.69) is 18.9 Å². The second-order valence-corrected chi connectivity index (χ2v) is 3.74. The lowest BCUT2D eigenvalue weighted by molar-refractivity contribution is 0.0772. The average Bonchev–Trinajstić information content (AvgIpc) is 2.68. The molecule has 0 saturated carbocycles. The molecule has 0 amide bonds. The molecule has 1 aromatic rings. The first-order valence-corrected chi connectivity index (χ1v) is 5.53. The Kier molecular flexibility index (Phi) is 4.78. The summed E-state index contributed by atoms with van der Waals surface area (Å²) in [7, 11) is 1.70. The lowest BCUT2D eigenvalue weighted by Gasteiger charge is -2.19. The second kappa shape index (κ2) is 5.88. The van der Waals surface area contributed by atoms with Gasteiger partial charge in [0.1, 0.15) is 0 Å². The van der Waals surface area contributed by atoms with E-state index in [0.29, 0.717) is 0 Å². The number of nitrogens with zero attached hydrogens (tertiary/aromatic N) is 2. The molecule has 4 heteroatoms. The van der Waals surface area contributed by atoms with E-state index >= 15 is 0 Å². The molecule has 1 heterocycles. The number of nitrogens with two attached hydrogens (primary N) is 1. The van der Waals surface area contributed by atoms with Gasteiger partial charge in [0.2, 0.25) is 0 Å². The Morgan fingerprint density at radius 3 is 2.80 bits per heavy atom. The largest absolute Gasteiger partial charge is 0.379 e. The molecule has 1 aromatic heterocycles. The Balaban J connectivity index is 2.68. The quantitative estimate of drug-likeness (QED) is 0.779. The van der Waals surface area contributed by atoms with E-state index in [-0.39, 0.29) is 12.1 Å². The molecular formula is C11H21N3O. The van der Waals surface area contributed by atoms with Crippen molar-refractivity contribution in [2.45, 2.75) is 45.4 Å². The molecule has 0 saturated heterocycles. The molecule has 86 valence electrons. The van der Waals surface area contributed by atoms with Gasteiger partial charge < -0.3 is 10.5 Å². The van der Waals surface area contributed by atoms with Crippen molar-refractivity contribution in [1.29, 1.82) is 0 Å². The lowest BCUT2D eigenvalue weighted by Crippen LogP contribution is -2.27. The number of aromatic nitrogens is 2. The Labute approximate surface area is 91.4 Å². The standard InChI is InChI=1S/C11H21N3O/c1-4-6-14-8-9(7-13-14)11(12)10(5-2)15-3/h7-8,10-11H,4-6,12H2,1-3H3. The van der Waals surface area contributed by atoms with Gasteiger partial charge >= 0.3 is 0 Å². The second-order valence-electron chi connectivity index (χ2n) is 3.74. The summed E-state index contributed by atoms with van der Waals surface area (Å²) >= 11 is 0. The van der Waals surface area contributed by atoms with Gasteiger partial charge in [0.15, 0.2) is 0 Å². The van der Waals surface area contributed by atoms with Crippen LogP contribution >= 0.6 is 0 Å². The highest BCUT2D eigenvalue weighted by molar-refractivity contribution is 5.11. The predicted octanol–water partition coefficient (Wildman–Crippen LogP) is 1.72. The minimum absolute atomic E-state index is 0.0734. The molecule has 2 N–H and O–H groups in total. The molecule has 0 bridgehead atoms. The zero-order chi connectivity index (χ0) is 11.3. The first-order valence-electron chi connectivity index (χ1n) is 5.53. The molecular weight excluding hydrogens is 190 g/mol. The molecule has 2 unspecified atom stereocenters. The van der Waals surface area contributed by atoms with Crippen LogP contribution < -0.4 is 5.73 Å². The van der Waals surface area contributed by atoms with Crippen LogP contribution in [0.15, 0.2) is 12.4 Å². The third-order valence-electron chi connectivity index (χ3n) is 2.60. The summed E-state index contributed by atoms with van der Waals surface area (Å²) < 4.78 is 7.25. The summed E-state index contributed by atoms with van der Waals surface area (Å²) in [5.41, 5.74) is 7.14. The van der Waals surface area contributed by atoms with Crippen LogP contribution in [0.25, 0.3) is 0 Å². The normalized spacial score (nSPS) is 15.2. The van der Waals surface area contributed by atoms with Gasteiger partial charge in [-0.3, -0.25) is 4.68 Å². The molecule has 0 aliphatic carbocycles. The smallest absolute Gasteiger partial charge is 0.0762 e. The van der Waals surface area contributed by atoms with Gasteiger partial charge in [-0.25, -0.2) is 0 Å². The highest BCUT2D eigenvalue weighted by atomic mass is 16.5. The molecule has 0 spiro atoms. The highest BCUT2D eigenvalue weighted by Crippen LogP contribution is 2.17. The number of hydrogen-bond acceptors (Lipinski definition) is 3. The van der Waals surface area contributed by atoms with E-state index in [1.807, 2.05) is 17.1 Å². The van der Waals surface area contributed by atoms with Crippen LogP contribution in [-0.4, -0.2) is 23.0 Å². The molecule has 0 aliphatic rings. The van der Waals surface area contributed by atoms with Gasteiger partial charge in [0.25, 0.3) is 0 Å². The SMILES string of the molecule is CCCn1cc(C(N)C(CC)OC)cn1. The maximum absolute atomic E-state index is 6.09. The van der Waals surface area contributed by atoms with Crippen molar-refractivity contribution in [1.82, 2.24) is 9.78 Å². The zero-order valence-electron chi connectivity index (χ0n) is 9.81. The topological polar surface area (TPSA) is 53.1 Å². The van der Waals surface area contributed by atoms with E-state index in [4.69, 9.17) is 10.5 Å². The Morgan fingerprint density at radius 2 is 2.27 bits per heavy atom. The molecule has 1 rings (SSSR count). The summed E-state index contributed by atoms with van der Waals surface area (Å²) in [5.74, 6) is 0. The first kappa shape index (κ1) is 12.2. The van der Waals surface area contributed by atoms with Crippen molar-refractivity contribution in [3.05, 3.63) is 18.0 Å². The van der Waals surface area contributed by atoms with E-state index in [9.17, 15) is 0 Å². The summed E-state index contributed by atoms with van der Waals surface area (Å²) in [6.07, 6.45) is 5.91. The van der Waals surface area contributed by atoms with Gasteiger partial charge in [-0.05, 0) is 12.8 Å². The van der Waals surface area contributed by atoms with Crippen molar-refractivity contribution < 1.29 is 4.74 Å². The predicted molar refractivity (Wildman–Crippen MR) is 60.5 cm³/mol. The van der Waals surface area contributed by atoms with Crippen molar-refractivity contribution >= 4 is 0 Å². The minimum Gasteiger partial charge on any atom is -0.379 e. The van der Waals surface area contributed by atoms with Crippen LogP contribution in [0.1, 0.15) is 38.3 Å². The van der Waals surface area contributed by atoms with Crippen molar-refractivity contribution in [2.24, 2.45) is 5.73 Å². The summed E-state index contributed by atoms with van der Waals surface area (Å²) in [5, 5.41) is 4.26. The molecule has 0 aromatic carbocycles. The van der Waals surface area contributed by atoms with Gasteiger partial charge in [-0.1, -0.05) is 13.8 Å². The molecule has 0 aliphatic heterocycles. The number of aryl methyl sites for hydroxylation is 1. The van der Waals surface area contributed by atoms with Gasteiger partial charge in [0.05, 0.1) is 18.3 Å². The van der Waals surface area contributed by atoms with Crippen molar-refractivity contribution in [2.75, 3.05) is 7.11 Å². The van der Waals surface area contributed by atoms with Gasteiger partial charge in [-0.15, -0.1) is 0 Å². The van der Waals surface area contributed by atoms with Crippen LogP contribution in [0.2, 0.25) is 0 Å². The maximum Gasteiger partial charge on any atom is 0.0762 e. The van der Waals surface area contributed by atoms with E-state index in [1.54, 1.807) is 7.11 Å². The fraction of sp³-hybridized carbons (Fsp3) is 0.727. The Bertz CT molecular complexity index is 281. The van der Waals surface area contributed by atoms with Crippen LogP contribution in [-0.2, 0) is 11.3 Å². The van der Waals surface area contributed by atoms with Crippen molar-refractivity contribution in [3.8, 4) is 0 Å². The van der Waals surface area contributed by atoms with Crippen LogP contribution in [0, 0.1) is 0 Å². The number of rotatable bonds is 6. The average molecular weight is 211 g/mol. The van der Waals surface area contributed by atoms with Crippen LogP contribution in [0.4, 0.5) is 0 Å². The zero-order valence-corrected chi connectivity index (χ0v) is 9.81. The van der Waals surface area contributed by atoms with E-state index in [1.165, 1.54) is 0 Å². The van der Waals surface area contributed by atoms with Gasteiger partial charge in [0, 0.05) is 25.4 Å². The van der Waals surface area contributed by atoms with Crippen LogP contribution in [0.5, 0.6) is 0 Å². The Hall–Kier alpha value is -0.870. The Morgan fingerprint density at radius 1 is 1.53 bits per heavy atom. The summed E-state index contributed by atoms with van der Waals surface area (Å²) in [4.78, 5) is 0. The highest BCUT2D eigenvalue weighted by Gasteiger charge is 2.18. The van der Waals surface area contributed by atoms with E-state index in [0.717, 1.165) is 24.9 Å². The molecule has 2 atom stereocenters. The fourth-order valence-corrected chi connectivity index (χ4v) is 1.68.